The van der Waals surface area contributed by atoms with E-state index in [0.29, 0.717) is 30.4 Å². The van der Waals surface area contributed by atoms with E-state index in [9.17, 15) is 19.5 Å². The highest BCUT2D eigenvalue weighted by Gasteiger charge is 2.86. The number of carbonyl (C=O) groups excluding carboxylic acids is 3. The molecule has 270 valence electrons. The minimum atomic E-state index is -1.12. The molecule has 0 unspecified atom stereocenters. The zero-order valence-electron chi connectivity index (χ0n) is 30.9. The summed E-state index contributed by atoms with van der Waals surface area (Å²) in [5.41, 5.74) is -0.785. The minimum Gasteiger partial charge on any atom is -0.462 e. The second-order valence-corrected chi connectivity index (χ2v) is 18.5. The Hall–Kier alpha value is -2.45. The lowest BCUT2D eigenvalue weighted by molar-refractivity contribution is -0.249. The van der Waals surface area contributed by atoms with E-state index in [-0.39, 0.29) is 69.0 Å². The van der Waals surface area contributed by atoms with Gasteiger partial charge in [0.25, 0.3) is 0 Å². The van der Waals surface area contributed by atoms with Crippen LogP contribution in [0.4, 0.5) is 0 Å². The Morgan fingerprint density at radius 3 is 2.18 bits per heavy atom. The molecule has 6 fully saturated rings. The molecule has 1 aromatic rings. The number of hydrogen-bond acceptors (Lipinski definition) is 8. The van der Waals surface area contributed by atoms with Crippen LogP contribution in [0.25, 0.3) is 0 Å². The van der Waals surface area contributed by atoms with E-state index in [1.165, 1.54) is 6.92 Å². The van der Waals surface area contributed by atoms with Crippen molar-refractivity contribution in [1.29, 1.82) is 0 Å². The van der Waals surface area contributed by atoms with Gasteiger partial charge in [0.1, 0.15) is 24.4 Å². The Balaban J connectivity index is 1.18. The molecule has 1 aromatic carbocycles. The number of rotatable bonds is 6. The van der Waals surface area contributed by atoms with Crippen molar-refractivity contribution >= 4 is 17.9 Å². The van der Waals surface area contributed by atoms with Crippen molar-refractivity contribution in [2.24, 2.45) is 50.7 Å². The fraction of sp³-hybridized carbons (Fsp3) is 0.780. The molecule has 5 saturated carbocycles. The van der Waals surface area contributed by atoms with E-state index in [2.05, 4.69) is 27.7 Å². The number of carbonyl (C=O) groups is 3. The normalized spacial score (nSPS) is 45.1. The molecule has 49 heavy (non-hydrogen) atoms. The van der Waals surface area contributed by atoms with E-state index in [4.69, 9.17) is 18.9 Å². The number of benzene rings is 1. The highest BCUT2D eigenvalue weighted by Crippen LogP contribution is 2.91. The van der Waals surface area contributed by atoms with Crippen LogP contribution in [-0.4, -0.2) is 59.6 Å². The Morgan fingerprint density at radius 1 is 0.837 bits per heavy atom. The highest BCUT2D eigenvalue weighted by molar-refractivity contribution is 5.89. The van der Waals surface area contributed by atoms with E-state index >= 15 is 0 Å². The van der Waals surface area contributed by atoms with E-state index in [1.54, 1.807) is 20.8 Å². The molecular weight excluding hydrogens is 620 g/mol. The molecule has 1 N–H and O–H groups in total. The minimum absolute atomic E-state index is 0.0143. The summed E-state index contributed by atoms with van der Waals surface area (Å²) in [5.74, 6) is 0.424. The van der Waals surface area contributed by atoms with Gasteiger partial charge in [0.15, 0.2) is 0 Å². The van der Waals surface area contributed by atoms with Gasteiger partial charge in [-0.3, -0.25) is 9.59 Å². The Labute approximate surface area is 292 Å². The number of aliphatic hydroxyl groups is 1. The van der Waals surface area contributed by atoms with Gasteiger partial charge in [-0.25, -0.2) is 4.79 Å². The first-order chi connectivity index (χ1) is 22.9. The van der Waals surface area contributed by atoms with Crippen molar-refractivity contribution < 1.29 is 38.4 Å². The summed E-state index contributed by atoms with van der Waals surface area (Å²) in [6.07, 6.45) is 7.35. The van der Waals surface area contributed by atoms with Crippen LogP contribution in [0.1, 0.15) is 124 Å². The molecule has 0 radical (unpaired) electrons. The van der Waals surface area contributed by atoms with Gasteiger partial charge in [-0.05, 0) is 124 Å². The van der Waals surface area contributed by atoms with Crippen molar-refractivity contribution in [2.75, 3.05) is 6.61 Å². The topological polar surface area (TPSA) is 108 Å². The first-order valence-electron chi connectivity index (χ1n) is 18.9. The van der Waals surface area contributed by atoms with Crippen molar-refractivity contribution in [3.8, 4) is 0 Å². The van der Waals surface area contributed by atoms with Gasteiger partial charge in [0.2, 0.25) is 0 Å². The molecule has 0 bridgehead atoms. The van der Waals surface area contributed by atoms with Crippen LogP contribution in [0.5, 0.6) is 0 Å². The van der Waals surface area contributed by atoms with Gasteiger partial charge < -0.3 is 24.1 Å². The predicted molar refractivity (Wildman–Crippen MR) is 183 cm³/mol. The third kappa shape index (κ3) is 5.07. The van der Waals surface area contributed by atoms with Gasteiger partial charge >= 0.3 is 17.9 Å². The van der Waals surface area contributed by atoms with Crippen LogP contribution in [0.15, 0.2) is 30.3 Å². The van der Waals surface area contributed by atoms with Crippen LogP contribution in [-0.2, 0) is 28.5 Å². The van der Waals surface area contributed by atoms with Crippen molar-refractivity contribution in [3.63, 3.8) is 0 Å². The smallest absolute Gasteiger partial charge is 0.338 e. The summed E-state index contributed by atoms with van der Waals surface area (Å²) in [6, 6.07) is 9.26. The summed E-state index contributed by atoms with van der Waals surface area (Å²) in [5, 5.41) is 10.9. The molecule has 8 heteroatoms. The zero-order chi connectivity index (χ0) is 35.4. The molecule has 7 rings (SSSR count). The maximum atomic E-state index is 13.3. The molecule has 1 aliphatic heterocycles. The standard InChI is InChI=1S/C41H58O8/c1-24(42)47-29-20-27(22-46-34(29)37(5,6)45)28-14-19-41-23-40(28,41)18-15-30-38(7)17-16-32(49-35(44)26-12-10-9-11-13-26)36(3,4)31(38)21-33(39(30,41)8)48-25(2)43/h9-13,27-34,45H,14-23H2,1-8H3/t27-,28-,29+,30+,31-,32+,33+,34+,38+,39-,40+,41+/m0/s1. The summed E-state index contributed by atoms with van der Waals surface area (Å²) in [6.45, 7) is 16.5. The second kappa shape index (κ2) is 11.5. The molecule has 1 heterocycles. The quantitative estimate of drug-likeness (QED) is 0.247. The summed E-state index contributed by atoms with van der Waals surface area (Å²) >= 11 is 0. The fourth-order valence-corrected chi connectivity index (χ4v) is 13.7. The third-order valence-electron chi connectivity index (χ3n) is 15.6. The molecule has 1 saturated heterocycles. The van der Waals surface area contributed by atoms with Crippen molar-refractivity contribution in [1.82, 2.24) is 0 Å². The Bertz CT molecular complexity index is 1480. The average molecular weight is 679 g/mol. The van der Waals surface area contributed by atoms with Gasteiger partial charge in [-0.15, -0.1) is 0 Å². The van der Waals surface area contributed by atoms with Crippen molar-refractivity contribution in [3.05, 3.63) is 35.9 Å². The lowest BCUT2D eigenvalue weighted by Gasteiger charge is -2.68. The van der Waals surface area contributed by atoms with Crippen LogP contribution in [0.3, 0.4) is 0 Å². The van der Waals surface area contributed by atoms with E-state index in [0.717, 1.165) is 51.4 Å². The Kier molecular flexibility index (Phi) is 8.23. The number of esters is 3. The molecule has 5 aliphatic carbocycles. The third-order valence-corrected chi connectivity index (χ3v) is 15.6. The molecule has 0 spiro atoms. The lowest BCUT2D eigenvalue weighted by Crippen LogP contribution is -2.67. The molecule has 6 aliphatic rings. The number of fused-ring (bicyclic) bond motifs is 3. The maximum absolute atomic E-state index is 13.3. The van der Waals surface area contributed by atoms with Gasteiger partial charge in [-0.2, -0.15) is 0 Å². The number of hydrogen-bond donors (Lipinski definition) is 1. The molecule has 0 amide bonds. The fourth-order valence-electron chi connectivity index (χ4n) is 13.7. The first kappa shape index (κ1) is 35.0. The summed E-state index contributed by atoms with van der Waals surface area (Å²) in [4.78, 5) is 38.3. The summed E-state index contributed by atoms with van der Waals surface area (Å²) < 4.78 is 24.9. The SMILES string of the molecule is CC(=O)O[C@@H]1C[C@H]([C@@H]2CC[C@]34C[C@]23CC[C@@H]2[C@@]3(C)CC[C@@H](OC(=O)c5ccccc5)C(C)(C)[C@@H]3C[C@@H](OC(C)=O)[C@]24C)CO[C@H]1C(C)(C)O. The predicted octanol–water partition coefficient (Wildman–Crippen LogP) is 7.30. The molecular formula is C41H58O8. The largest absolute Gasteiger partial charge is 0.462 e. The maximum Gasteiger partial charge on any atom is 0.338 e. The van der Waals surface area contributed by atoms with Gasteiger partial charge in [0, 0.05) is 24.7 Å². The summed E-state index contributed by atoms with van der Waals surface area (Å²) in [7, 11) is 0. The average Bonchev–Trinajstić information content (AvgIpc) is 3.59. The number of ether oxygens (including phenoxy) is 4. The molecule has 12 atom stereocenters. The van der Waals surface area contributed by atoms with Gasteiger partial charge in [0.05, 0.1) is 17.8 Å². The lowest BCUT2D eigenvalue weighted by atomic mass is 9.37. The van der Waals surface area contributed by atoms with Crippen LogP contribution in [0, 0.1) is 50.7 Å². The van der Waals surface area contributed by atoms with E-state index in [1.807, 2.05) is 30.3 Å². The molecule has 0 aromatic heterocycles. The van der Waals surface area contributed by atoms with Crippen LogP contribution < -0.4 is 0 Å². The van der Waals surface area contributed by atoms with Crippen molar-refractivity contribution in [2.45, 2.75) is 143 Å². The van der Waals surface area contributed by atoms with E-state index < -0.39 is 17.8 Å². The Morgan fingerprint density at radius 2 is 1.53 bits per heavy atom. The zero-order valence-corrected chi connectivity index (χ0v) is 30.9. The van der Waals surface area contributed by atoms with Gasteiger partial charge in [-0.1, -0.05) is 45.9 Å². The van der Waals surface area contributed by atoms with Crippen LogP contribution in [0.2, 0.25) is 0 Å². The van der Waals surface area contributed by atoms with Crippen LogP contribution >= 0.6 is 0 Å². The monoisotopic (exact) mass is 678 g/mol. The first-order valence-corrected chi connectivity index (χ1v) is 18.9. The highest BCUT2D eigenvalue weighted by atomic mass is 16.6. The second-order valence-electron chi connectivity index (χ2n) is 18.5. The molecule has 8 nitrogen and oxygen atoms in total.